The van der Waals surface area contributed by atoms with E-state index in [2.05, 4.69) is 127 Å². The summed E-state index contributed by atoms with van der Waals surface area (Å²) < 4.78 is 1.42. The summed E-state index contributed by atoms with van der Waals surface area (Å²) in [6.45, 7) is 13.0. The molecule has 5 aromatic rings. The number of nitrogens with zero attached hydrogens (tertiary/aromatic N) is 3. The lowest BCUT2D eigenvalue weighted by Crippen LogP contribution is -2.73. The van der Waals surface area contributed by atoms with E-state index in [-0.39, 0.29) is 22.1 Å². The van der Waals surface area contributed by atoms with Crippen LogP contribution in [0.3, 0.4) is 0 Å². The maximum absolute atomic E-state index is 14.5. The molecule has 0 bridgehead atoms. The van der Waals surface area contributed by atoms with Crippen molar-refractivity contribution >= 4 is 42.7 Å². The fourth-order valence-electron chi connectivity index (χ4n) is 6.17. The average molecular weight is 619 g/mol. The highest BCUT2D eigenvalue weighted by Crippen LogP contribution is 2.57. The zero-order chi connectivity index (χ0) is 31.3. The summed E-state index contributed by atoms with van der Waals surface area (Å²) in [5.41, 5.74) is 5.92. The SMILES string of the molecule is Cc1c(C(=O)C2C(=O)N([Si](C)(C)C(C)(C)C)C2SC(c2ccccc2)(c2ccccc2)c2ccccc2)ccc2n[nH]nc12. The van der Waals surface area contributed by atoms with Crippen molar-refractivity contribution < 1.29 is 9.59 Å². The molecule has 2 unspecified atom stereocenters. The van der Waals surface area contributed by atoms with E-state index in [1.807, 2.05) is 25.1 Å². The van der Waals surface area contributed by atoms with Gasteiger partial charge in [0.15, 0.2) is 14.0 Å². The molecule has 4 aromatic carbocycles. The molecule has 224 valence electrons. The molecule has 8 heteroatoms. The molecule has 1 saturated heterocycles. The first-order chi connectivity index (χ1) is 21.0. The Morgan fingerprint density at radius 1 is 0.795 bits per heavy atom. The first-order valence-electron chi connectivity index (χ1n) is 15.0. The zero-order valence-electron chi connectivity index (χ0n) is 26.0. The molecule has 1 amide bonds. The van der Waals surface area contributed by atoms with Gasteiger partial charge in [0.2, 0.25) is 5.91 Å². The van der Waals surface area contributed by atoms with Crippen molar-refractivity contribution in [2.45, 2.75) is 55.9 Å². The second-order valence-corrected chi connectivity index (χ2v) is 19.5. The molecule has 0 saturated carbocycles. The minimum Gasteiger partial charge on any atom is -0.356 e. The van der Waals surface area contributed by atoms with Crippen molar-refractivity contribution in [3.63, 3.8) is 0 Å². The van der Waals surface area contributed by atoms with Crippen LogP contribution in [0.15, 0.2) is 103 Å². The number of nitrogens with one attached hydrogen (secondary N) is 1. The van der Waals surface area contributed by atoms with Gasteiger partial charge in [0, 0.05) is 5.56 Å². The number of rotatable bonds is 8. The number of benzene rings is 4. The monoisotopic (exact) mass is 618 g/mol. The van der Waals surface area contributed by atoms with Crippen molar-refractivity contribution in [1.29, 1.82) is 0 Å². The summed E-state index contributed by atoms with van der Waals surface area (Å²) in [5.74, 6) is -1.07. The number of hydrogen-bond acceptors (Lipinski definition) is 5. The third-order valence-electron chi connectivity index (χ3n) is 9.61. The van der Waals surface area contributed by atoms with E-state index >= 15 is 0 Å². The zero-order valence-corrected chi connectivity index (χ0v) is 27.9. The van der Waals surface area contributed by atoms with Crippen molar-refractivity contribution in [3.05, 3.63) is 131 Å². The van der Waals surface area contributed by atoms with Crippen LogP contribution in [0, 0.1) is 12.8 Å². The second-order valence-electron chi connectivity index (χ2n) is 13.1. The van der Waals surface area contributed by atoms with Gasteiger partial charge in [-0.25, -0.2) is 0 Å². The Labute approximate surface area is 264 Å². The number of hydrogen-bond donors (Lipinski definition) is 1. The van der Waals surface area contributed by atoms with Crippen LogP contribution in [0.5, 0.6) is 0 Å². The number of carbonyl (C=O) groups is 2. The highest BCUT2D eigenvalue weighted by molar-refractivity contribution is 8.01. The number of carbonyl (C=O) groups excluding carboxylic acids is 2. The molecule has 1 aliphatic rings. The van der Waals surface area contributed by atoms with Crippen LogP contribution < -0.4 is 0 Å². The minimum atomic E-state index is -2.40. The van der Waals surface area contributed by atoms with Gasteiger partial charge in [0.1, 0.15) is 17.0 Å². The third-order valence-corrected chi connectivity index (χ3v) is 17.0. The molecule has 0 radical (unpaired) electrons. The van der Waals surface area contributed by atoms with Crippen LogP contribution in [0.4, 0.5) is 0 Å². The lowest BCUT2D eigenvalue weighted by atomic mass is 9.84. The first-order valence-corrected chi connectivity index (χ1v) is 18.8. The van der Waals surface area contributed by atoms with E-state index < -0.39 is 18.9 Å². The predicted molar refractivity (Wildman–Crippen MR) is 181 cm³/mol. The quantitative estimate of drug-likeness (QED) is 0.0628. The molecular weight excluding hydrogens is 581 g/mol. The molecule has 1 aromatic heterocycles. The predicted octanol–water partition coefficient (Wildman–Crippen LogP) is 7.96. The number of fused-ring (bicyclic) bond motifs is 1. The van der Waals surface area contributed by atoms with Crippen molar-refractivity contribution in [1.82, 2.24) is 20.0 Å². The number of Topliss-reactive ketones (excluding diaryl/α,β-unsaturated/α-hetero) is 1. The third kappa shape index (κ3) is 4.71. The highest BCUT2D eigenvalue weighted by Gasteiger charge is 2.62. The molecule has 1 fully saturated rings. The van der Waals surface area contributed by atoms with Gasteiger partial charge in [0.25, 0.3) is 0 Å². The largest absolute Gasteiger partial charge is 0.356 e. The molecule has 1 aliphatic heterocycles. The van der Waals surface area contributed by atoms with Crippen LogP contribution in [0.25, 0.3) is 11.0 Å². The number of amides is 1. The Bertz CT molecular complexity index is 1720. The molecule has 2 atom stereocenters. The van der Waals surface area contributed by atoms with E-state index in [1.54, 1.807) is 23.9 Å². The van der Waals surface area contributed by atoms with E-state index in [4.69, 9.17) is 0 Å². The van der Waals surface area contributed by atoms with Crippen LogP contribution in [0.1, 0.15) is 53.4 Å². The molecule has 6 nitrogen and oxygen atoms in total. The number of ketones is 1. The maximum atomic E-state index is 14.5. The standard InChI is InChI=1S/C36H38N4O2SSi/c1-24-28(22-23-29-31(24)38-39-37-29)32(41)30-33(42)40(44(5,6)35(2,3)4)34(30)43-36(25-16-10-7-11-17-25,26-18-12-8-13-19-26)27-20-14-9-15-21-27/h7-23,30,34H,1-6H3,(H,37,38,39). The summed E-state index contributed by atoms with van der Waals surface area (Å²) in [4.78, 5) is 28.9. The Morgan fingerprint density at radius 2 is 1.30 bits per heavy atom. The second kappa shape index (κ2) is 11.2. The smallest absolute Gasteiger partial charge is 0.229 e. The molecule has 6 rings (SSSR count). The average Bonchev–Trinajstić information content (AvgIpc) is 3.50. The van der Waals surface area contributed by atoms with Gasteiger partial charge < -0.3 is 4.57 Å². The van der Waals surface area contributed by atoms with Crippen LogP contribution in [0.2, 0.25) is 18.1 Å². The van der Waals surface area contributed by atoms with Crippen LogP contribution in [-0.2, 0) is 9.54 Å². The lowest BCUT2D eigenvalue weighted by Gasteiger charge is -2.59. The maximum Gasteiger partial charge on any atom is 0.229 e. The summed E-state index contributed by atoms with van der Waals surface area (Å²) in [7, 11) is -2.40. The van der Waals surface area contributed by atoms with Crippen molar-refractivity contribution in [2.24, 2.45) is 5.92 Å². The summed E-state index contributed by atoms with van der Waals surface area (Å²) >= 11 is 1.72. The topological polar surface area (TPSA) is 79.0 Å². The van der Waals surface area contributed by atoms with E-state index in [0.717, 1.165) is 22.3 Å². The molecule has 0 aliphatic carbocycles. The van der Waals surface area contributed by atoms with Gasteiger partial charge in [0.05, 0.1) is 10.1 Å². The lowest BCUT2D eigenvalue weighted by molar-refractivity contribution is -0.140. The van der Waals surface area contributed by atoms with Crippen LogP contribution in [-0.4, -0.2) is 45.3 Å². The van der Waals surface area contributed by atoms with Gasteiger partial charge >= 0.3 is 0 Å². The number of aromatic nitrogens is 3. The van der Waals surface area contributed by atoms with E-state index in [0.29, 0.717) is 16.6 Å². The van der Waals surface area contributed by atoms with Gasteiger partial charge in [-0.05, 0) is 46.3 Å². The number of aromatic amines is 1. The normalized spacial score (nSPS) is 17.5. The van der Waals surface area contributed by atoms with Crippen molar-refractivity contribution in [3.8, 4) is 0 Å². The Morgan fingerprint density at radius 3 is 1.77 bits per heavy atom. The Balaban J connectivity index is 1.56. The number of H-pyrrole nitrogens is 1. The van der Waals surface area contributed by atoms with Crippen LogP contribution >= 0.6 is 11.8 Å². The number of thioether (sulfide) groups is 1. The van der Waals surface area contributed by atoms with E-state index in [1.165, 1.54) is 0 Å². The van der Waals surface area contributed by atoms with E-state index in [9.17, 15) is 9.59 Å². The summed E-state index contributed by atoms with van der Waals surface area (Å²) in [6, 6.07) is 35.0. The van der Waals surface area contributed by atoms with Gasteiger partial charge in [-0.15, -0.1) is 11.8 Å². The van der Waals surface area contributed by atoms with Gasteiger partial charge in [-0.2, -0.15) is 15.4 Å². The number of β-lactam (4-membered cyclic amide) rings is 1. The van der Waals surface area contributed by atoms with Gasteiger partial charge in [-0.3, -0.25) is 9.59 Å². The number of aryl methyl sites for hydroxylation is 1. The molecule has 2 heterocycles. The Kier molecular flexibility index (Phi) is 7.62. The fraction of sp³-hybridized carbons (Fsp3) is 0.278. The molecular formula is C36H38N4O2SSi. The Hall–Kier alpha value is -4.01. The highest BCUT2D eigenvalue weighted by atomic mass is 32.2. The summed E-state index contributed by atoms with van der Waals surface area (Å²) in [5, 5.41) is 10.6. The molecule has 1 N–H and O–H groups in total. The minimum absolute atomic E-state index is 0.0816. The van der Waals surface area contributed by atoms with Gasteiger partial charge in [-0.1, -0.05) is 125 Å². The summed E-state index contributed by atoms with van der Waals surface area (Å²) in [6.07, 6.45) is 0. The molecule has 44 heavy (non-hydrogen) atoms. The molecule has 0 spiro atoms. The fourth-order valence-corrected chi connectivity index (χ4v) is 11.1. The van der Waals surface area contributed by atoms with Crippen molar-refractivity contribution in [2.75, 3.05) is 0 Å². The first kappa shape index (κ1) is 30.0.